The van der Waals surface area contributed by atoms with E-state index < -0.39 is 15.9 Å². The van der Waals surface area contributed by atoms with Gasteiger partial charge in [0, 0.05) is 0 Å². The Morgan fingerprint density at radius 2 is 1.79 bits per heavy atom. The molecule has 0 saturated heterocycles. The molecular formula is C10H11N5O3S. The molecule has 1 amide bonds. The highest BCUT2D eigenvalue weighted by Crippen LogP contribution is 2.15. The van der Waals surface area contributed by atoms with Crippen LogP contribution in [0.1, 0.15) is 10.5 Å². The first-order valence-electron chi connectivity index (χ1n) is 5.07. The molecule has 0 aliphatic heterocycles. The van der Waals surface area contributed by atoms with Crippen LogP contribution in [0.5, 0.6) is 0 Å². The molecule has 1 aromatic heterocycles. The van der Waals surface area contributed by atoms with Crippen LogP contribution in [0.25, 0.3) is 5.69 Å². The molecule has 0 aliphatic rings. The van der Waals surface area contributed by atoms with Crippen molar-refractivity contribution in [2.24, 2.45) is 10.9 Å². The Morgan fingerprint density at radius 1 is 1.21 bits per heavy atom. The monoisotopic (exact) mass is 281 g/mol. The maximum Gasteiger partial charge on any atom is 0.271 e. The van der Waals surface area contributed by atoms with Gasteiger partial charge in [0.05, 0.1) is 22.5 Å². The van der Waals surface area contributed by atoms with Gasteiger partial charge in [-0.25, -0.2) is 18.2 Å². The molecule has 0 spiro atoms. The van der Waals surface area contributed by atoms with E-state index >= 15 is 0 Å². The maximum absolute atomic E-state index is 11.1. The summed E-state index contributed by atoms with van der Waals surface area (Å²) >= 11 is 0. The minimum absolute atomic E-state index is 0.0218. The first-order valence-corrected chi connectivity index (χ1v) is 6.62. The fourth-order valence-electron chi connectivity index (χ4n) is 1.50. The summed E-state index contributed by atoms with van der Waals surface area (Å²) < 4.78 is 23.5. The van der Waals surface area contributed by atoms with Crippen LogP contribution in [-0.2, 0) is 10.0 Å². The van der Waals surface area contributed by atoms with E-state index in [2.05, 4.69) is 5.10 Å². The number of nitrogens with two attached hydrogens (primary N) is 3. The van der Waals surface area contributed by atoms with Gasteiger partial charge in [-0.05, 0) is 24.3 Å². The Bertz CT molecular complexity index is 733. The maximum atomic E-state index is 11.1. The molecule has 19 heavy (non-hydrogen) atoms. The Morgan fingerprint density at radius 3 is 2.21 bits per heavy atom. The summed E-state index contributed by atoms with van der Waals surface area (Å²) in [5, 5.41) is 8.89. The van der Waals surface area contributed by atoms with Gasteiger partial charge in [0.25, 0.3) is 5.91 Å². The summed E-state index contributed by atoms with van der Waals surface area (Å²) in [6.45, 7) is 0. The number of primary amides is 1. The van der Waals surface area contributed by atoms with E-state index in [0.717, 1.165) is 0 Å². The fourth-order valence-corrected chi connectivity index (χ4v) is 2.02. The molecule has 0 radical (unpaired) electrons. The van der Waals surface area contributed by atoms with Gasteiger partial charge in [0.2, 0.25) is 10.0 Å². The number of aromatic nitrogens is 2. The van der Waals surface area contributed by atoms with Gasteiger partial charge in [-0.15, -0.1) is 0 Å². The average Bonchev–Trinajstić information content (AvgIpc) is 2.70. The molecule has 1 aromatic carbocycles. The highest BCUT2D eigenvalue weighted by atomic mass is 32.2. The molecular weight excluding hydrogens is 270 g/mol. The number of anilines is 1. The zero-order valence-corrected chi connectivity index (χ0v) is 10.5. The number of hydrogen-bond acceptors (Lipinski definition) is 5. The molecule has 0 aliphatic carbocycles. The van der Waals surface area contributed by atoms with E-state index in [9.17, 15) is 13.2 Å². The summed E-state index contributed by atoms with van der Waals surface area (Å²) in [5.41, 5.74) is 11.3. The van der Waals surface area contributed by atoms with Crippen molar-refractivity contribution in [3.63, 3.8) is 0 Å². The quantitative estimate of drug-likeness (QED) is 0.673. The number of sulfonamides is 1. The number of nitrogen functional groups attached to an aromatic ring is 1. The number of hydrogen-bond donors (Lipinski definition) is 3. The highest BCUT2D eigenvalue weighted by molar-refractivity contribution is 7.89. The highest BCUT2D eigenvalue weighted by Gasteiger charge is 2.13. The number of nitrogens with zero attached hydrogens (tertiary/aromatic N) is 2. The Labute approximate surface area is 108 Å². The van der Waals surface area contributed by atoms with Crippen LogP contribution in [0, 0.1) is 0 Å². The van der Waals surface area contributed by atoms with Gasteiger partial charge in [0.15, 0.2) is 5.69 Å². The van der Waals surface area contributed by atoms with Gasteiger partial charge in [0.1, 0.15) is 0 Å². The van der Waals surface area contributed by atoms with Crippen LogP contribution in [-0.4, -0.2) is 24.1 Å². The molecule has 9 heteroatoms. The molecule has 0 saturated carbocycles. The van der Waals surface area contributed by atoms with Crippen LogP contribution in [0.3, 0.4) is 0 Å². The molecule has 6 N–H and O–H groups in total. The molecule has 0 bridgehead atoms. The third kappa shape index (κ3) is 2.56. The van der Waals surface area contributed by atoms with Crippen molar-refractivity contribution in [3.05, 3.63) is 36.2 Å². The Kier molecular flexibility index (Phi) is 3.00. The largest absolute Gasteiger partial charge is 0.396 e. The summed E-state index contributed by atoms with van der Waals surface area (Å²) in [5.74, 6) is -0.739. The number of amides is 1. The number of carbonyl (C=O) groups excluding carboxylic acids is 1. The lowest BCUT2D eigenvalue weighted by atomic mass is 10.3. The van der Waals surface area contributed by atoms with Crippen molar-refractivity contribution < 1.29 is 13.2 Å². The van der Waals surface area contributed by atoms with Crippen molar-refractivity contribution in [1.82, 2.24) is 9.78 Å². The second-order valence-electron chi connectivity index (χ2n) is 3.78. The number of rotatable bonds is 3. The minimum atomic E-state index is -3.75. The van der Waals surface area contributed by atoms with Crippen LogP contribution in [0.4, 0.5) is 5.69 Å². The lowest BCUT2D eigenvalue weighted by Gasteiger charge is -2.02. The molecule has 0 atom stereocenters. The van der Waals surface area contributed by atoms with Crippen LogP contribution in [0.15, 0.2) is 35.4 Å². The third-order valence-corrected chi connectivity index (χ3v) is 3.33. The zero-order valence-electron chi connectivity index (χ0n) is 9.65. The molecule has 1 heterocycles. The SMILES string of the molecule is NC(=O)c1nn(-c2ccc(S(N)(=O)=O)cc2)cc1N. The Balaban J connectivity index is 2.43. The molecule has 8 nitrogen and oxygen atoms in total. The molecule has 2 aromatic rings. The Hall–Kier alpha value is -2.39. The van der Waals surface area contributed by atoms with Crippen LogP contribution in [0.2, 0.25) is 0 Å². The lowest BCUT2D eigenvalue weighted by Crippen LogP contribution is -2.14. The molecule has 2 rings (SSSR count). The van der Waals surface area contributed by atoms with Crippen LogP contribution < -0.4 is 16.6 Å². The second kappa shape index (κ2) is 4.37. The van der Waals surface area contributed by atoms with E-state index in [4.69, 9.17) is 16.6 Å². The van der Waals surface area contributed by atoms with Crippen molar-refractivity contribution in [2.45, 2.75) is 4.90 Å². The average molecular weight is 281 g/mol. The molecule has 0 unspecified atom stereocenters. The predicted molar refractivity (Wildman–Crippen MR) is 67.9 cm³/mol. The second-order valence-corrected chi connectivity index (χ2v) is 5.34. The predicted octanol–water partition coefficient (Wildman–Crippen LogP) is -0.799. The van der Waals surface area contributed by atoms with Crippen molar-refractivity contribution in [2.75, 3.05) is 5.73 Å². The van der Waals surface area contributed by atoms with Gasteiger partial charge in [-0.3, -0.25) is 4.79 Å². The number of carbonyl (C=O) groups is 1. The minimum Gasteiger partial charge on any atom is -0.396 e. The first kappa shape index (κ1) is 13.1. The van der Waals surface area contributed by atoms with Crippen molar-refractivity contribution in [3.8, 4) is 5.69 Å². The van der Waals surface area contributed by atoms with Crippen LogP contribution >= 0.6 is 0 Å². The van der Waals surface area contributed by atoms with E-state index in [1.54, 1.807) is 0 Å². The van der Waals surface area contributed by atoms with Crippen molar-refractivity contribution >= 4 is 21.6 Å². The number of primary sulfonamides is 1. The fraction of sp³-hybridized carbons (Fsp3) is 0. The topological polar surface area (TPSA) is 147 Å². The number of benzene rings is 1. The van der Waals surface area contributed by atoms with E-state index in [1.165, 1.54) is 35.1 Å². The lowest BCUT2D eigenvalue weighted by molar-refractivity contribution is 0.0996. The third-order valence-electron chi connectivity index (χ3n) is 2.41. The summed E-state index contributed by atoms with van der Waals surface area (Å²) in [6.07, 6.45) is 1.41. The summed E-state index contributed by atoms with van der Waals surface area (Å²) in [7, 11) is -3.75. The smallest absolute Gasteiger partial charge is 0.271 e. The van der Waals surface area contributed by atoms with E-state index in [1.807, 2.05) is 0 Å². The summed E-state index contributed by atoms with van der Waals surface area (Å²) in [6, 6.07) is 5.62. The zero-order chi connectivity index (χ0) is 14.2. The van der Waals surface area contributed by atoms with E-state index in [-0.39, 0.29) is 16.3 Å². The first-order chi connectivity index (χ1) is 8.79. The van der Waals surface area contributed by atoms with Gasteiger partial charge < -0.3 is 11.5 Å². The van der Waals surface area contributed by atoms with Gasteiger partial charge in [-0.2, -0.15) is 5.10 Å². The summed E-state index contributed by atoms with van der Waals surface area (Å²) in [4.78, 5) is 11.0. The molecule has 0 fully saturated rings. The molecule has 100 valence electrons. The normalized spacial score (nSPS) is 11.4. The van der Waals surface area contributed by atoms with Crippen molar-refractivity contribution in [1.29, 1.82) is 0 Å². The van der Waals surface area contributed by atoms with Gasteiger partial charge >= 0.3 is 0 Å². The standard InChI is InChI=1S/C10H11N5O3S/c11-8-5-15(14-9(8)10(12)16)6-1-3-7(4-2-6)19(13,17)18/h1-5H,11H2,(H2,12,16)(H2,13,17,18). The van der Waals surface area contributed by atoms with E-state index in [0.29, 0.717) is 5.69 Å². The van der Waals surface area contributed by atoms with Gasteiger partial charge in [-0.1, -0.05) is 0 Å².